The molecular weight excluding hydrogens is 324 g/mol. The number of nitrogens with one attached hydrogen (secondary N) is 1. The van der Waals surface area contributed by atoms with Gasteiger partial charge in [0.15, 0.2) is 0 Å². The summed E-state index contributed by atoms with van der Waals surface area (Å²) < 4.78 is 31.0. The van der Waals surface area contributed by atoms with Crippen molar-refractivity contribution >= 4 is 5.91 Å². The largest absolute Gasteiger partial charge is 0.434 e. The lowest BCUT2D eigenvalue weighted by Crippen LogP contribution is -2.40. The highest BCUT2D eigenvalue weighted by molar-refractivity contribution is 5.75. The number of benzene rings is 1. The number of rotatable bonds is 6. The summed E-state index contributed by atoms with van der Waals surface area (Å²) in [4.78, 5) is 35.0. The summed E-state index contributed by atoms with van der Waals surface area (Å²) in [5.74, 6) is -0.547. The third-order valence-corrected chi connectivity index (χ3v) is 3.24. The molecule has 7 nitrogen and oxygen atoms in total. The van der Waals surface area contributed by atoms with Gasteiger partial charge in [-0.05, 0) is 6.07 Å². The maximum Gasteiger partial charge on any atom is 0.387 e. The molecule has 0 fully saturated rings. The molecule has 0 bridgehead atoms. The molecule has 0 unspecified atom stereocenters. The van der Waals surface area contributed by atoms with Gasteiger partial charge in [-0.1, -0.05) is 18.2 Å². The van der Waals surface area contributed by atoms with Crippen LogP contribution in [0.2, 0.25) is 0 Å². The average molecular weight is 339 g/mol. The Kier molecular flexibility index (Phi) is 5.46. The first kappa shape index (κ1) is 17.4. The van der Waals surface area contributed by atoms with Crippen molar-refractivity contribution in [2.75, 3.05) is 0 Å². The number of para-hydroxylation sites is 1. The van der Waals surface area contributed by atoms with Gasteiger partial charge in [0.2, 0.25) is 5.91 Å². The molecule has 128 valence electrons. The molecule has 1 heterocycles. The predicted molar refractivity (Wildman–Crippen MR) is 80.9 cm³/mol. The molecule has 0 saturated carbocycles. The first-order chi connectivity index (χ1) is 11.4. The summed E-state index contributed by atoms with van der Waals surface area (Å²) >= 11 is 0. The summed E-state index contributed by atoms with van der Waals surface area (Å²) in [6.07, 6.45) is 1.22. The Morgan fingerprint density at radius 1 is 1.25 bits per heavy atom. The van der Waals surface area contributed by atoms with Gasteiger partial charge in [0, 0.05) is 31.4 Å². The van der Waals surface area contributed by atoms with E-state index >= 15 is 0 Å². The van der Waals surface area contributed by atoms with Crippen LogP contribution in [0.1, 0.15) is 5.56 Å². The van der Waals surface area contributed by atoms with E-state index in [1.54, 1.807) is 6.07 Å². The monoisotopic (exact) mass is 339 g/mol. The number of aromatic nitrogens is 2. The lowest BCUT2D eigenvalue weighted by molar-refractivity contribution is -0.121. The zero-order valence-corrected chi connectivity index (χ0v) is 12.7. The number of hydrogen-bond acceptors (Lipinski definition) is 4. The zero-order chi connectivity index (χ0) is 17.7. The fraction of sp³-hybridized carbons (Fsp3) is 0.267. The first-order valence-corrected chi connectivity index (χ1v) is 6.94. The smallest absolute Gasteiger partial charge is 0.387 e. The highest BCUT2D eigenvalue weighted by Gasteiger charge is 2.11. The zero-order valence-electron chi connectivity index (χ0n) is 12.7. The summed E-state index contributed by atoms with van der Waals surface area (Å²) in [6, 6.07) is 7.23. The van der Waals surface area contributed by atoms with Gasteiger partial charge < -0.3 is 10.1 Å². The molecule has 1 N–H and O–H groups in total. The summed E-state index contributed by atoms with van der Waals surface area (Å²) in [5, 5.41) is 2.51. The SMILES string of the molecule is Cn1c(=O)ccn(CC(=O)NCc2ccccc2OC(F)F)c1=O. The van der Waals surface area contributed by atoms with E-state index in [4.69, 9.17) is 0 Å². The Morgan fingerprint density at radius 3 is 2.67 bits per heavy atom. The normalized spacial score (nSPS) is 10.7. The fourth-order valence-corrected chi connectivity index (χ4v) is 2.00. The Balaban J connectivity index is 2.03. The van der Waals surface area contributed by atoms with Crippen molar-refractivity contribution in [2.45, 2.75) is 19.7 Å². The molecule has 1 amide bonds. The number of carbonyl (C=O) groups is 1. The molecule has 9 heteroatoms. The summed E-state index contributed by atoms with van der Waals surface area (Å²) in [7, 11) is 1.30. The van der Waals surface area contributed by atoms with Crippen molar-refractivity contribution in [3.8, 4) is 5.75 Å². The quantitative estimate of drug-likeness (QED) is 0.829. The number of hydrogen-bond donors (Lipinski definition) is 1. The van der Waals surface area contributed by atoms with Crippen LogP contribution in [-0.2, 0) is 24.9 Å². The molecular formula is C15H15F2N3O4. The van der Waals surface area contributed by atoms with E-state index in [0.717, 1.165) is 9.13 Å². The lowest BCUT2D eigenvalue weighted by atomic mass is 10.2. The van der Waals surface area contributed by atoms with Crippen LogP contribution in [0, 0.1) is 0 Å². The van der Waals surface area contributed by atoms with E-state index in [-0.39, 0.29) is 18.8 Å². The van der Waals surface area contributed by atoms with E-state index in [9.17, 15) is 23.2 Å². The van der Waals surface area contributed by atoms with Crippen molar-refractivity contribution in [2.24, 2.45) is 7.05 Å². The predicted octanol–water partition coefficient (Wildman–Crippen LogP) is 0.465. The maximum atomic E-state index is 12.3. The highest BCUT2D eigenvalue weighted by atomic mass is 19.3. The molecule has 0 saturated heterocycles. The van der Waals surface area contributed by atoms with E-state index in [0.29, 0.717) is 5.56 Å². The van der Waals surface area contributed by atoms with Gasteiger partial charge in [-0.3, -0.25) is 18.7 Å². The molecule has 24 heavy (non-hydrogen) atoms. The van der Waals surface area contributed by atoms with Crippen molar-refractivity contribution in [3.05, 3.63) is 62.9 Å². The molecule has 1 aromatic carbocycles. The Morgan fingerprint density at radius 2 is 1.96 bits per heavy atom. The highest BCUT2D eigenvalue weighted by Crippen LogP contribution is 2.19. The average Bonchev–Trinajstić information content (AvgIpc) is 2.54. The molecule has 0 spiro atoms. The maximum absolute atomic E-state index is 12.3. The van der Waals surface area contributed by atoms with Crippen LogP contribution in [0.25, 0.3) is 0 Å². The van der Waals surface area contributed by atoms with Crippen molar-refractivity contribution in [1.82, 2.24) is 14.5 Å². The molecule has 2 rings (SSSR count). The van der Waals surface area contributed by atoms with E-state index in [1.165, 1.54) is 37.5 Å². The fourth-order valence-electron chi connectivity index (χ4n) is 2.00. The summed E-state index contributed by atoms with van der Waals surface area (Å²) in [6.45, 7) is -3.31. The van der Waals surface area contributed by atoms with Crippen LogP contribution < -0.4 is 21.3 Å². The van der Waals surface area contributed by atoms with Gasteiger partial charge in [0.1, 0.15) is 12.3 Å². The Hall–Kier alpha value is -2.97. The number of nitrogens with zero attached hydrogens (tertiary/aromatic N) is 2. The molecule has 1 aromatic heterocycles. The molecule has 2 aromatic rings. The molecule has 0 aliphatic carbocycles. The van der Waals surface area contributed by atoms with Crippen LogP contribution in [0.3, 0.4) is 0 Å². The van der Waals surface area contributed by atoms with E-state index < -0.39 is 23.8 Å². The minimum absolute atomic E-state index is 0.0351. The van der Waals surface area contributed by atoms with Crippen molar-refractivity contribution in [3.63, 3.8) is 0 Å². The first-order valence-electron chi connectivity index (χ1n) is 6.94. The number of halogens is 2. The lowest BCUT2D eigenvalue weighted by Gasteiger charge is -2.12. The van der Waals surface area contributed by atoms with Crippen LogP contribution in [-0.4, -0.2) is 21.7 Å². The van der Waals surface area contributed by atoms with E-state index in [1.807, 2.05) is 0 Å². The van der Waals surface area contributed by atoms with Gasteiger partial charge in [-0.15, -0.1) is 0 Å². The second-order valence-electron chi connectivity index (χ2n) is 4.89. The standard InChI is InChI=1S/C15H15F2N3O4/c1-19-13(22)6-7-20(15(19)23)9-12(21)18-8-10-4-2-3-5-11(10)24-14(16)17/h2-7,14H,8-9H2,1H3,(H,18,21). The van der Waals surface area contributed by atoms with Crippen molar-refractivity contribution < 1.29 is 18.3 Å². The molecule has 0 aliphatic rings. The molecule has 0 radical (unpaired) electrons. The van der Waals surface area contributed by atoms with Crippen LogP contribution in [0.15, 0.2) is 46.1 Å². The third kappa shape index (κ3) is 4.28. The van der Waals surface area contributed by atoms with Gasteiger partial charge in [-0.2, -0.15) is 8.78 Å². The number of amides is 1. The van der Waals surface area contributed by atoms with Gasteiger partial charge in [0.05, 0.1) is 0 Å². The minimum atomic E-state index is -2.97. The number of carbonyl (C=O) groups excluding carboxylic acids is 1. The van der Waals surface area contributed by atoms with Crippen LogP contribution >= 0.6 is 0 Å². The van der Waals surface area contributed by atoms with Gasteiger partial charge in [-0.25, -0.2) is 4.79 Å². The van der Waals surface area contributed by atoms with Gasteiger partial charge in [0.25, 0.3) is 5.56 Å². The van der Waals surface area contributed by atoms with E-state index in [2.05, 4.69) is 10.1 Å². The van der Waals surface area contributed by atoms with Crippen LogP contribution in [0.5, 0.6) is 5.75 Å². The van der Waals surface area contributed by atoms with Crippen molar-refractivity contribution in [1.29, 1.82) is 0 Å². The Labute approximate surface area is 135 Å². The second-order valence-corrected chi connectivity index (χ2v) is 4.89. The third-order valence-electron chi connectivity index (χ3n) is 3.24. The van der Waals surface area contributed by atoms with Crippen LogP contribution in [0.4, 0.5) is 8.78 Å². The Bertz CT molecular complexity index is 845. The molecule has 0 aliphatic heterocycles. The second kappa shape index (κ2) is 7.53. The number of ether oxygens (including phenoxy) is 1. The molecule has 0 atom stereocenters. The number of alkyl halides is 2. The van der Waals surface area contributed by atoms with Gasteiger partial charge >= 0.3 is 12.3 Å². The topological polar surface area (TPSA) is 82.3 Å². The summed E-state index contributed by atoms with van der Waals surface area (Å²) in [5.41, 5.74) is -0.729. The minimum Gasteiger partial charge on any atom is -0.434 e.